The molecule has 1 aromatic carbocycles. The van der Waals surface area contributed by atoms with Crippen LogP contribution in [0.15, 0.2) is 34.5 Å². The van der Waals surface area contributed by atoms with Crippen molar-refractivity contribution in [3.05, 3.63) is 46.2 Å². The minimum Gasteiger partial charge on any atom is -0.246 e. The summed E-state index contributed by atoms with van der Waals surface area (Å²) < 4.78 is 37.3. The summed E-state index contributed by atoms with van der Waals surface area (Å²) in [5.41, 5.74) is 0.454. The van der Waals surface area contributed by atoms with Crippen molar-refractivity contribution in [1.82, 2.24) is 4.98 Å². The fraction of sp³-hybridized carbons (Fsp3) is 0.182. The molecular formula is C11H10FNO2S2. The Bertz CT molecular complexity index is 634. The van der Waals surface area contributed by atoms with Gasteiger partial charge < -0.3 is 0 Å². The van der Waals surface area contributed by atoms with Gasteiger partial charge in [0.15, 0.2) is 9.84 Å². The fourth-order valence-electron chi connectivity index (χ4n) is 1.44. The Morgan fingerprint density at radius 1 is 1.35 bits per heavy atom. The minimum absolute atomic E-state index is 0.266. The Hall–Kier alpha value is -1.27. The predicted molar refractivity (Wildman–Crippen MR) is 64.1 cm³/mol. The predicted octanol–water partition coefficient (Wildman–Crippen LogP) is 2.56. The van der Waals surface area contributed by atoms with Crippen molar-refractivity contribution in [2.24, 2.45) is 0 Å². The molecule has 0 radical (unpaired) electrons. The number of aromatic nitrogens is 1. The maximum Gasteiger partial charge on any atom is 0.186 e. The Labute approximate surface area is 103 Å². The molecule has 17 heavy (non-hydrogen) atoms. The van der Waals surface area contributed by atoms with Crippen molar-refractivity contribution in [3.63, 3.8) is 0 Å². The fourth-order valence-corrected chi connectivity index (χ4v) is 3.51. The summed E-state index contributed by atoms with van der Waals surface area (Å²) in [6.07, 6.45) is 0. The van der Waals surface area contributed by atoms with Gasteiger partial charge in [-0.05, 0) is 19.1 Å². The van der Waals surface area contributed by atoms with Gasteiger partial charge in [0.25, 0.3) is 0 Å². The summed E-state index contributed by atoms with van der Waals surface area (Å²) in [6.45, 7) is 1.80. The van der Waals surface area contributed by atoms with Gasteiger partial charge >= 0.3 is 0 Å². The number of benzene rings is 1. The molecule has 0 spiro atoms. The molecule has 0 aliphatic heterocycles. The van der Waals surface area contributed by atoms with Crippen LogP contribution in [0.5, 0.6) is 0 Å². The van der Waals surface area contributed by atoms with E-state index in [4.69, 9.17) is 0 Å². The molecule has 90 valence electrons. The second-order valence-electron chi connectivity index (χ2n) is 3.55. The minimum atomic E-state index is -3.66. The summed E-state index contributed by atoms with van der Waals surface area (Å²) in [4.78, 5) is 3.80. The first-order valence-corrected chi connectivity index (χ1v) is 7.40. The van der Waals surface area contributed by atoms with E-state index in [1.165, 1.54) is 29.5 Å². The topological polar surface area (TPSA) is 47.0 Å². The average molecular weight is 271 g/mol. The quantitative estimate of drug-likeness (QED) is 0.862. The normalized spacial score (nSPS) is 11.6. The maximum absolute atomic E-state index is 13.4. The van der Waals surface area contributed by atoms with Crippen LogP contribution in [0.4, 0.5) is 4.39 Å². The van der Waals surface area contributed by atoms with E-state index in [0.717, 1.165) is 11.1 Å². The van der Waals surface area contributed by atoms with Crippen LogP contribution in [-0.4, -0.2) is 13.4 Å². The van der Waals surface area contributed by atoms with Gasteiger partial charge in [0.2, 0.25) is 0 Å². The van der Waals surface area contributed by atoms with E-state index >= 15 is 0 Å². The molecule has 1 heterocycles. The molecule has 0 aliphatic rings. The zero-order valence-electron chi connectivity index (χ0n) is 9.05. The van der Waals surface area contributed by atoms with Gasteiger partial charge in [-0.1, -0.05) is 12.1 Å². The summed E-state index contributed by atoms with van der Waals surface area (Å²) in [7, 11) is -3.66. The van der Waals surface area contributed by atoms with Crippen LogP contribution >= 0.6 is 11.3 Å². The highest BCUT2D eigenvalue weighted by atomic mass is 32.2. The molecule has 0 aliphatic carbocycles. The van der Waals surface area contributed by atoms with Crippen molar-refractivity contribution >= 4 is 21.2 Å². The molecule has 2 aromatic rings. The molecule has 0 N–H and O–H groups in total. The number of rotatable bonds is 3. The Morgan fingerprint density at radius 2 is 2.06 bits per heavy atom. The monoisotopic (exact) mass is 271 g/mol. The van der Waals surface area contributed by atoms with Crippen LogP contribution in [0.3, 0.4) is 0 Å². The first kappa shape index (κ1) is 12.2. The number of halogens is 1. The average Bonchev–Trinajstić information content (AvgIpc) is 2.63. The zero-order valence-corrected chi connectivity index (χ0v) is 10.7. The smallest absolute Gasteiger partial charge is 0.186 e. The molecule has 6 heteroatoms. The van der Waals surface area contributed by atoms with Gasteiger partial charge in [0, 0.05) is 5.38 Å². The van der Waals surface area contributed by atoms with Crippen molar-refractivity contribution < 1.29 is 12.8 Å². The Kier molecular flexibility index (Phi) is 3.26. The van der Waals surface area contributed by atoms with Crippen LogP contribution in [-0.2, 0) is 15.6 Å². The Morgan fingerprint density at radius 3 is 2.65 bits per heavy atom. The van der Waals surface area contributed by atoms with Crippen LogP contribution in [0, 0.1) is 12.7 Å². The van der Waals surface area contributed by atoms with E-state index in [2.05, 4.69) is 4.98 Å². The molecule has 1 aromatic heterocycles. The highest BCUT2D eigenvalue weighted by molar-refractivity contribution is 7.90. The number of hydrogen-bond donors (Lipinski definition) is 0. The summed E-state index contributed by atoms with van der Waals surface area (Å²) in [5, 5.41) is 2.47. The second-order valence-corrected chi connectivity index (χ2v) is 6.57. The molecule has 0 unspecified atom stereocenters. The summed E-state index contributed by atoms with van der Waals surface area (Å²) in [5.74, 6) is -0.988. The first-order chi connectivity index (χ1) is 7.99. The van der Waals surface area contributed by atoms with Crippen molar-refractivity contribution in [2.45, 2.75) is 17.6 Å². The van der Waals surface area contributed by atoms with Gasteiger partial charge in [-0.25, -0.2) is 17.8 Å². The first-order valence-electron chi connectivity index (χ1n) is 4.87. The van der Waals surface area contributed by atoms with Gasteiger partial charge in [-0.3, -0.25) is 0 Å². The third-order valence-electron chi connectivity index (χ3n) is 2.18. The molecule has 0 saturated carbocycles. The van der Waals surface area contributed by atoms with Crippen LogP contribution in [0.2, 0.25) is 0 Å². The van der Waals surface area contributed by atoms with E-state index in [-0.39, 0.29) is 10.6 Å². The third kappa shape index (κ3) is 2.70. The lowest BCUT2D eigenvalue weighted by Gasteiger charge is -2.03. The zero-order chi connectivity index (χ0) is 12.5. The van der Waals surface area contributed by atoms with Crippen molar-refractivity contribution in [1.29, 1.82) is 0 Å². The largest absolute Gasteiger partial charge is 0.246 e. The number of sulfone groups is 1. The van der Waals surface area contributed by atoms with Crippen LogP contribution in [0.25, 0.3) is 0 Å². The molecule has 0 saturated heterocycles. The SMILES string of the molecule is Cc1nc(CS(=O)(=O)c2ccccc2F)cs1. The van der Waals surface area contributed by atoms with E-state index in [0.29, 0.717) is 5.69 Å². The molecule has 0 atom stereocenters. The lowest BCUT2D eigenvalue weighted by Crippen LogP contribution is -2.07. The number of hydrogen-bond acceptors (Lipinski definition) is 4. The molecular weight excluding hydrogens is 261 g/mol. The third-order valence-corrected chi connectivity index (χ3v) is 4.68. The van der Waals surface area contributed by atoms with E-state index in [9.17, 15) is 12.8 Å². The van der Waals surface area contributed by atoms with Gasteiger partial charge in [0.05, 0.1) is 16.5 Å². The lowest BCUT2D eigenvalue weighted by atomic mass is 10.3. The van der Waals surface area contributed by atoms with Gasteiger partial charge in [0.1, 0.15) is 10.7 Å². The van der Waals surface area contributed by atoms with Gasteiger partial charge in [-0.2, -0.15) is 0 Å². The molecule has 0 amide bonds. The molecule has 3 nitrogen and oxygen atoms in total. The summed E-state index contributed by atoms with van der Waals surface area (Å²) >= 11 is 1.38. The van der Waals surface area contributed by atoms with E-state index < -0.39 is 15.7 Å². The van der Waals surface area contributed by atoms with Crippen LogP contribution in [0.1, 0.15) is 10.7 Å². The number of thiazole rings is 1. The van der Waals surface area contributed by atoms with Crippen LogP contribution < -0.4 is 0 Å². The molecule has 0 fully saturated rings. The van der Waals surface area contributed by atoms with Crippen molar-refractivity contribution in [2.75, 3.05) is 0 Å². The lowest BCUT2D eigenvalue weighted by molar-refractivity contribution is 0.566. The molecule has 0 bridgehead atoms. The second kappa shape index (κ2) is 4.54. The van der Waals surface area contributed by atoms with Gasteiger partial charge in [-0.15, -0.1) is 11.3 Å². The number of nitrogens with zero attached hydrogens (tertiary/aromatic N) is 1. The van der Waals surface area contributed by atoms with E-state index in [1.807, 2.05) is 0 Å². The number of aryl methyl sites for hydroxylation is 1. The van der Waals surface area contributed by atoms with E-state index in [1.54, 1.807) is 12.3 Å². The Balaban J connectivity index is 2.35. The highest BCUT2D eigenvalue weighted by Crippen LogP contribution is 2.20. The standard InChI is InChI=1S/C11H10FNO2S2/c1-8-13-9(6-16-8)7-17(14,15)11-5-3-2-4-10(11)12/h2-6H,7H2,1H3. The molecule has 2 rings (SSSR count). The highest BCUT2D eigenvalue weighted by Gasteiger charge is 2.20. The maximum atomic E-state index is 13.4. The summed E-state index contributed by atoms with van der Waals surface area (Å²) in [6, 6.07) is 5.37. The van der Waals surface area contributed by atoms with Crippen molar-refractivity contribution in [3.8, 4) is 0 Å².